The van der Waals surface area contributed by atoms with Gasteiger partial charge in [-0.15, -0.1) is 0 Å². The lowest BCUT2D eigenvalue weighted by molar-refractivity contribution is -0.145. The zero-order valence-electron chi connectivity index (χ0n) is 11.3. The first-order valence-electron chi connectivity index (χ1n) is 6.67. The maximum Gasteiger partial charge on any atom is 0.323 e. The van der Waals surface area contributed by atoms with Crippen LogP contribution in [0.3, 0.4) is 0 Å². The van der Waals surface area contributed by atoms with Gasteiger partial charge in [0.25, 0.3) is 0 Å². The third-order valence-electron chi connectivity index (χ3n) is 3.09. The van der Waals surface area contributed by atoms with Gasteiger partial charge in [0.1, 0.15) is 6.04 Å². The van der Waals surface area contributed by atoms with E-state index in [4.69, 9.17) is 10.5 Å². The second kappa shape index (κ2) is 7.88. The van der Waals surface area contributed by atoms with Gasteiger partial charge in [0, 0.05) is 5.92 Å². The van der Waals surface area contributed by atoms with E-state index < -0.39 is 6.04 Å². The molecule has 0 bridgehead atoms. The fourth-order valence-electron chi connectivity index (χ4n) is 2.08. The Morgan fingerprint density at radius 2 is 1.94 bits per heavy atom. The van der Waals surface area contributed by atoms with Crippen molar-refractivity contribution in [3.05, 3.63) is 35.9 Å². The standard InChI is InChI=1S/C15H23NO2/c1-3-5-11-13(12-9-7-6-8-10-12)14(16)15(17)18-4-2/h6-10,13-14H,3-5,11,16H2,1-2H3. The molecule has 0 heterocycles. The van der Waals surface area contributed by atoms with Crippen LogP contribution >= 0.6 is 0 Å². The van der Waals surface area contributed by atoms with Crippen molar-refractivity contribution in [3.8, 4) is 0 Å². The lowest BCUT2D eigenvalue weighted by Gasteiger charge is -2.22. The first-order valence-corrected chi connectivity index (χ1v) is 6.67. The van der Waals surface area contributed by atoms with Crippen molar-refractivity contribution >= 4 is 5.97 Å². The molecule has 100 valence electrons. The Morgan fingerprint density at radius 1 is 1.28 bits per heavy atom. The number of carbonyl (C=O) groups excluding carboxylic acids is 1. The molecule has 1 rings (SSSR count). The molecular weight excluding hydrogens is 226 g/mol. The number of ether oxygens (including phenoxy) is 1. The van der Waals surface area contributed by atoms with Gasteiger partial charge < -0.3 is 10.5 Å². The number of carbonyl (C=O) groups is 1. The lowest BCUT2D eigenvalue weighted by atomic mass is 9.87. The van der Waals surface area contributed by atoms with Gasteiger partial charge in [0.15, 0.2) is 0 Å². The zero-order valence-corrected chi connectivity index (χ0v) is 11.3. The van der Waals surface area contributed by atoms with Gasteiger partial charge in [-0.3, -0.25) is 4.79 Å². The molecule has 0 radical (unpaired) electrons. The minimum Gasteiger partial charge on any atom is -0.465 e. The minimum absolute atomic E-state index is 0.0465. The summed E-state index contributed by atoms with van der Waals surface area (Å²) in [6.07, 6.45) is 3.08. The first-order chi connectivity index (χ1) is 8.70. The smallest absolute Gasteiger partial charge is 0.323 e. The summed E-state index contributed by atoms with van der Waals surface area (Å²) in [5.74, 6) is -0.257. The van der Waals surface area contributed by atoms with E-state index in [1.54, 1.807) is 6.92 Å². The number of esters is 1. The van der Waals surface area contributed by atoms with E-state index in [0.29, 0.717) is 6.61 Å². The van der Waals surface area contributed by atoms with Crippen LogP contribution in [0.2, 0.25) is 0 Å². The summed E-state index contributed by atoms with van der Waals surface area (Å²) >= 11 is 0. The number of rotatable bonds is 7. The molecule has 0 fully saturated rings. The van der Waals surface area contributed by atoms with Crippen LogP contribution in [0.5, 0.6) is 0 Å². The average molecular weight is 249 g/mol. The maximum absolute atomic E-state index is 11.8. The molecule has 0 saturated heterocycles. The van der Waals surface area contributed by atoms with E-state index in [0.717, 1.165) is 24.8 Å². The average Bonchev–Trinajstić information content (AvgIpc) is 2.40. The molecule has 1 aromatic rings. The van der Waals surface area contributed by atoms with E-state index in [-0.39, 0.29) is 11.9 Å². The third-order valence-corrected chi connectivity index (χ3v) is 3.09. The molecule has 0 aromatic heterocycles. The summed E-state index contributed by atoms with van der Waals surface area (Å²) in [6, 6.07) is 9.41. The Labute approximate surface area is 109 Å². The van der Waals surface area contributed by atoms with E-state index >= 15 is 0 Å². The topological polar surface area (TPSA) is 52.3 Å². The summed E-state index contributed by atoms with van der Waals surface area (Å²) < 4.78 is 5.02. The van der Waals surface area contributed by atoms with Gasteiger partial charge in [-0.05, 0) is 18.9 Å². The molecule has 3 heteroatoms. The van der Waals surface area contributed by atoms with E-state index in [2.05, 4.69) is 6.92 Å². The van der Waals surface area contributed by atoms with Gasteiger partial charge in [-0.25, -0.2) is 0 Å². The van der Waals surface area contributed by atoms with Gasteiger partial charge in [0.2, 0.25) is 0 Å². The first kappa shape index (κ1) is 14.7. The van der Waals surface area contributed by atoms with Crippen LogP contribution in [0, 0.1) is 0 Å². The number of hydrogen-bond acceptors (Lipinski definition) is 3. The molecule has 0 aliphatic rings. The predicted octanol–water partition coefficient (Wildman–Crippen LogP) is 2.85. The molecule has 0 amide bonds. The molecular formula is C15H23NO2. The highest BCUT2D eigenvalue weighted by Gasteiger charge is 2.26. The maximum atomic E-state index is 11.8. The van der Waals surface area contributed by atoms with Crippen molar-refractivity contribution in [2.45, 2.75) is 45.1 Å². The van der Waals surface area contributed by atoms with Gasteiger partial charge in [-0.1, -0.05) is 50.1 Å². The van der Waals surface area contributed by atoms with Crippen LogP contribution < -0.4 is 5.73 Å². The van der Waals surface area contributed by atoms with Crippen molar-refractivity contribution in [1.82, 2.24) is 0 Å². The Balaban J connectivity index is 2.81. The van der Waals surface area contributed by atoms with Crippen molar-refractivity contribution in [2.24, 2.45) is 5.73 Å². The highest BCUT2D eigenvalue weighted by atomic mass is 16.5. The Kier molecular flexibility index (Phi) is 6.44. The summed E-state index contributed by atoms with van der Waals surface area (Å²) in [5.41, 5.74) is 7.16. The highest BCUT2D eigenvalue weighted by Crippen LogP contribution is 2.25. The van der Waals surface area contributed by atoms with Crippen LogP contribution in [0.25, 0.3) is 0 Å². The van der Waals surface area contributed by atoms with E-state index in [1.165, 1.54) is 0 Å². The van der Waals surface area contributed by atoms with E-state index in [1.807, 2.05) is 30.3 Å². The molecule has 0 saturated carbocycles. The Morgan fingerprint density at radius 3 is 2.50 bits per heavy atom. The van der Waals surface area contributed by atoms with Crippen molar-refractivity contribution in [1.29, 1.82) is 0 Å². The molecule has 0 spiro atoms. The molecule has 0 aliphatic carbocycles. The van der Waals surface area contributed by atoms with Crippen LogP contribution in [0.15, 0.2) is 30.3 Å². The molecule has 2 N–H and O–H groups in total. The van der Waals surface area contributed by atoms with Crippen LogP contribution in [-0.4, -0.2) is 18.6 Å². The fourth-order valence-corrected chi connectivity index (χ4v) is 2.08. The second-order valence-electron chi connectivity index (χ2n) is 4.44. The summed E-state index contributed by atoms with van der Waals surface area (Å²) in [7, 11) is 0. The monoisotopic (exact) mass is 249 g/mol. The van der Waals surface area contributed by atoms with Crippen molar-refractivity contribution in [2.75, 3.05) is 6.61 Å². The molecule has 1 aromatic carbocycles. The fraction of sp³-hybridized carbons (Fsp3) is 0.533. The summed E-state index contributed by atoms with van der Waals surface area (Å²) in [5, 5.41) is 0. The zero-order chi connectivity index (χ0) is 13.4. The van der Waals surface area contributed by atoms with Gasteiger partial charge in [0.05, 0.1) is 6.61 Å². The Hall–Kier alpha value is -1.35. The second-order valence-corrected chi connectivity index (χ2v) is 4.44. The SMILES string of the molecule is CCCCC(c1ccccc1)C(N)C(=O)OCC. The van der Waals surface area contributed by atoms with Crippen LogP contribution in [-0.2, 0) is 9.53 Å². The molecule has 0 aliphatic heterocycles. The van der Waals surface area contributed by atoms with Crippen molar-refractivity contribution < 1.29 is 9.53 Å². The normalized spacial score (nSPS) is 13.9. The molecule has 3 nitrogen and oxygen atoms in total. The molecule has 2 atom stereocenters. The third kappa shape index (κ3) is 4.15. The quantitative estimate of drug-likeness (QED) is 0.756. The Bertz CT molecular complexity index is 351. The molecule has 18 heavy (non-hydrogen) atoms. The summed E-state index contributed by atoms with van der Waals surface area (Å²) in [4.78, 5) is 11.8. The van der Waals surface area contributed by atoms with Gasteiger partial charge >= 0.3 is 5.97 Å². The summed E-state index contributed by atoms with van der Waals surface area (Å²) in [6.45, 7) is 4.31. The van der Waals surface area contributed by atoms with Crippen LogP contribution in [0.4, 0.5) is 0 Å². The largest absolute Gasteiger partial charge is 0.465 e. The van der Waals surface area contributed by atoms with Gasteiger partial charge in [-0.2, -0.15) is 0 Å². The van der Waals surface area contributed by atoms with Crippen LogP contribution in [0.1, 0.15) is 44.6 Å². The minimum atomic E-state index is -0.570. The van der Waals surface area contributed by atoms with Crippen molar-refractivity contribution in [3.63, 3.8) is 0 Å². The molecule has 2 unspecified atom stereocenters. The number of nitrogens with two attached hydrogens (primary N) is 1. The number of hydrogen-bond donors (Lipinski definition) is 1. The highest BCUT2D eigenvalue weighted by molar-refractivity contribution is 5.76. The number of unbranched alkanes of at least 4 members (excludes halogenated alkanes) is 1. The lowest BCUT2D eigenvalue weighted by Crippen LogP contribution is -2.38. The number of benzene rings is 1. The predicted molar refractivity (Wildman–Crippen MR) is 73.3 cm³/mol. The van der Waals surface area contributed by atoms with E-state index in [9.17, 15) is 4.79 Å².